The molecule has 2 aliphatic rings. The molecule has 9 heteroatoms. The summed E-state index contributed by atoms with van der Waals surface area (Å²) < 4.78 is 0. The second-order valence-electron chi connectivity index (χ2n) is 9.32. The Hall–Kier alpha value is -3.85. The van der Waals surface area contributed by atoms with E-state index in [0.29, 0.717) is 6.54 Å². The van der Waals surface area contributed by atoms with Crippen molar-refractivity contribution in [3.63, 3.8) is 0 Å². The number of likely N-dealkylation sites (tertiary alicyclic amines) is 1. The molecule has 2 aliphatic heterocycles. The highest BCUT2D eigenvalue weighted by Crippen LogP contribution is 2.34. The number of aromatic nitrogens is 3. The summed E-state index contributed by atoms with van der Waals surface area (Å²) >= 11 is 0. The van der Waals surface area contributed by atoms with Crippen LogP contribution in [-0.2, 0) is 6.54 Å². The average Bonchev–Trinajstić information content (AvgIpc) is 3.25. The summed E-state index contributed by atoms with van der Waals surface area (Å²) in [4.78, 5) is 29.5. The second-order valence-corrected chi connectivity index (χ2v) is 9.32. The normalized spacial score (nSPS) is 19.3. The third-order valence-corrected chi connectivity index (χ3v) is 6.64. The van der Waals surface area contributed by atoms with Gasteiger partial charge in [0.1, 0.15) is 12.0 Å². The zero-order valence-electron chi connectivity index (χ0n) is 20.2. The predicted octanol–water partition coefficient (Wildman–Crippen LogP) is 4.38. The minimum atomic E-state index is -0.0397. The number of carbonyl (C=O) groups excluding carboxylic acids is 1. The van der Waals surface area contributed by atoms with Gasteiger partial charge >= 0.3 is 6.03 Å². The van der Waals surface area contributed by atoms with Gasteiger partial charge in [-0.05, 0) is 75.4 Å². The maximum atomic E-state index is 13.1. The number of rotatable bonds is 6. The number of anilines is 1. The molecule has 1 aromatic carbocycles. The summed E-state index contributed by atoms with van der Waals surface area (Å²) in [6.45, 7) is 10.7. The van der Waals surface area contributed by atoms with Crippen LogP contribution in [0.2, 0.25) is 0 Å². The number of amides is 2. The summed E-state index contributed by atoms with van der Waals surface area (Å²) in [6.07, 6.45) is 7.12. The van der Waals surface area contributed by atoms with Crippen LogP contribution in [0.1, 0.15) is 31.0 Å². The lowest BCUT2D eigenvalue weighted by Crippen LogP contribution is -2.52. The molecule has 0 unspecified atom stereocenters. The van der Waals surface area contributed by atoms with Gasteiger partial charge in [0.25, 0.3) is 0 Å². The molecule has 2 N–H and O–H groups in total. The van der Waals surface area contributed by atoms with Crippen molar-refractivity contribution < 1.29 is 4.79 Å². The second kappa shape index (κ2) is 9.79. The number of urea groups is 1. The van der Waals surface area contributed by atoms with Gasteiger partial charge in [-0.1, -0.05) is 0 Å². The molecule has 0 spiro atoms. The van der Waals surface area contributed by atoms with Crippen LogP contribution in [0.15, 0.2) is 52.2 Å². The number of aliphatic imine (C=N–C) groups is 2. The van der Waals surface area contributed by atoms with Crippen LogP contribution in [0.5, 0.6) is 0 Å². The van der Waals surface area contributed by atoms with E-state index in [9.17, 15) is 4.79 Å². The molecule has 1 fully saturated rings. The van der Waals surface area contributed by atoms with Crippen molar-refractivity contribution in [2.45, 2.75) is 39.3 Å². The summed E-state index contributed by atoms with van der Waals surface area (Å²) in [6, 6.07) is 8.28. The van der Waals surface area contributed by atoms with Crippen molar-refractivity contribution in [1.82, 2.24) is 25.0 Å². The van der Waals surface area contributed by atoms with Crippen LogP contribution in [0.3, 0.4) is 0 Å². The highest BCUT2D eigenvalue weighted by molar-refractivity contribution is 6.00. The maximum Gasteiger partial charge on any atom is 0.322 e. The van der Waals surface area contributed by atoms with Crippen LogP contribution in [0.25, 0.3) is 22.2 Å². The first-order chi connectivity index (χ1) is 17.0. The molecular formula is C26H30N8O. The molecule has 2 amide bonds. The zero-order chi connectivity index (χ0) is 24.4. The number of nitrogens with zero attached hydrogens (tertiary/aromatic N) is 6. The van der Waals surface area contributed by atoms with Gasteiger partial charge in [0.2, 0.25) is 0 Å². The molecule has 0 radical (unpaired) electrons. The molecule has 1 atom stereocenters. The first-order valence-electron chi connectivity index (χ1n) is 11.9. The smallest absolute Gasteiger partial charge is 0.316 e. The van der Waals surface area contributed by atoms with Crippen LogP contribution in [-0.4, -0.2) is 69.7 Å². The SMILES string of the molecule is C=N/C=N\C=C(/C)CN1CCC[C@@H](N2Cc3cc4c(-c5ccnc(C)c5)n[nH]c4cc3NC2=O)C1. The van der Waals surface area contributed by atoms with E-state index in [4.69, 9.17) is 0 Å². The van der Waals surface area contributed by atoms with E-state index in [1.165, 1.54) is 6.34 Å². The number of pyridine rings is 1. The van der Waals surface area contributed by atoms with Crippen LogP contribution in [0, 0.1) is 6.92 Å². The zero-order valence-corrected chi connectivity index (χ0v) is 20.2. The molecule has 5 rings (SSSR count). The lowest BCUT2D eigenvalue weighted by molar-refractivity contribution is 0.117. The first-order valence-corrected chi connectivity index (χ1v) is 11.9. The number of aryl methyl sites for hydroxylation is 1. The number of fused-ring (bicyclic) bond motifs is 2. The molecule has 1 saturated heterocycles. The lowest BCUT2D eigenvalue weighted by atomic mass is 9.99. The Morgan fingerprint density at radius 3 is 3.06 bits per heavy atom. The quantitative estimate of drug-likeness (QED) is 0.412. The fraction of sp³-hybridized carbons (Fsp3) is 0.346. The van der Waals surface area contributed by atoms with Gasteiger partial charge in [-0.25, -0.2) is 9.79 Å². The molecule has 35 heavy (non-hydrogen) atoms. The van der Waals surface area contributed by atoms with Crippen molar-refractivity contribution in [3.05, 3.63) is 53.5 Å². The molecule has 4 heterocycles. The lowest BCUT2D eigenvalue weighted by Gasteiger charge is -2.41. The van der Waals surface area contributed by atoms with E-state index < -0.39 is 0 Å². The van der Waals surface area contributed by atoms with Gasteiger partial charge in [-0.3, -0.25) is 20.0 Å². The molecule has 0 bridgehead atoms. The molecule has 0 saturated carbocycles. The predicted molar refractivity (Wildman–Crippen MR) is 140 cm³/mol. The van der Waals surface area contributed by atoms with Gasteiger partial charge in [-0.2, -0.15) is 5.10 Å². The Bertz CT molecular complexity index is 1320. The Morgan fingerprint density at radius 2 is 2.23 bits per heavy atom. The highest BCUT2D eigenvalue weighted by Gasteiger charge is 2.32. The van der Waals surface area contributed by atoms with Crippen LogP contribution < -0.4 is 5.32 Å². The molecule has 0 aliphatic carbocycles. The average molecular weight is 471 g/mol. The number of benzene rings is 1. The van der Waals surface area contributed by atoms with Crippen molar-refractivity contribution >= 4 is 35.7 Å². The summed E-state index contributed by atoms with van der Waals surface area (Å²) in [7, 11) is 0. The monoisotopic (exact) mass is 470 g/mol. The van der Waals surface area contributed by atoms with Gasteiger partial charge in [0, 0.05) is 60.4 Å². The van der Waals surface area contributed by atoms with E-state index in [0.717, 1.165) is 77.2 Å². The van der Waals surface area contributed by atoms with Gasteiger partial charge in [-0.15, -0.1) is 0 Å². The summed E-state index contributed by atoms with van der Waals surface area (Å²) in [5, 5.41) is 11.8. The van der Waals surface area contributed by atoms with Crippen molar-refractivity contribution in [3.8, 4) is 11.3 Å². The fourth-order valence-electron chi connectivity index (χ4n) is 5.04. The minimum absolute atomic E-state index is 0.0397. The Balaban J connectivity index is 1.36. The Labute approximate surface area is 204 Å². The first kappa shape index (κ1) is 22.9. The standard InChI is InChI=1S/C26H30N8O/c1-17(12-28-16-27-3)13-33-8-4-5-21(15-33)34-14-20-10-22-24(11-23(20)30-26(34)35)31-32-25(22)19-6-7-29-18(2)9-19/h6-7,9-12,16,21H,3-5,8,13-15H2,1-2H3,(H,30,35)(H,31,32)/b17-12+,28-16-/t21-/m1/s1. The van der Waals surface area contributed by atoms with Gasteiger partial charge in [0.15, 0.2) is 0 Å². The molecule has 9 nitrogen and oxygen atoms in total. The maximum absolute atomic E-state index is 13.1. The summed E-state index contributed by atoms with van der Waals surface area (Å²) in [5.74, 6) is 0. The molecule has 3 aromatic rings. The number of carbonyl (C=O) groups is 1. The van der Waals surface area contributed by atoms with E-state index in [-0.39, 0.29) is 12.1 Å². The summed E-state index contributed by atoms with van der Waals surface area (Å²) in [5.41, 5.74) is 6.89. The largest absolute Gasteiger partial charge is 0.322 e. The minimum Gasteiger partial charge on any atom is -0.316 e. The number of nitrogens with one attached hydrogen (secondary N) is 2. The number of aromatic amines is 1. The topological polar surface area (TPSA) is 102 Å². The van der Waals surface area contributed by atoms with E-state index in [1.807, 2.05) is 36.2 Å². The number of hydrogen-bond donors (Lipinski definition) is 2. The van der Waals surface area contributed by atoms with E-state index >= 15 is 0 Å². The fourth-order valence-corrected chi connectivity index (χ4v) is 5.04. The third kappa shape index (κ3) is 4.85. The van der Waals surface area contributed by atoms with Crippen LogP contribution >= 0.6 is 0 Å². The molecule has 2 aromatic heterocycles. The van der Waals surface area contributed by atoms with E-state index in [2.05, 4.69) is 55.1 Å². The molecule has 180 valence electrons. The van der Waals surface area contributed by atoms with Crippen molar-refractivity contribution in [2.75, 3.05) is 25.0 Å². The van der Waals surface area contributed by atoms with Crippen molar-refractivity contribution in [1.29, 1.82) is 0 Å². The van der Waals surface area contributed by atoms with E-state index in [1.54, 1.807) is 6.20 Å². The van der Waals surface area contributed by atoms with Gasteiger partial charge in [0.05, 0.1) is 5.52 Å². The number of piperidine rings is 1. The number of hydrogen-bond acceptors (Lipinski definition) is 5. The molecular weight excluding hydrogens is 440 g/mol. The van der Waals surface area contributed by atoms with Crippen LogP contribution in [0.4, 0.5) is 10.5 Å². The highest BCUT2D eigenvalue weighted by atomic mass is 16.2. The third-order valence-electron chi connectivity index (χ3n) is 6.64. The van der Waals surface area contributed by atoms with Gasteiger partial charge < -0.3 is 10.2 Å². The number of H-pyrrole nitrogens is 1. The Morgan fingerprint density at radius 1 is 1.34 bits per heavy atom. The van der Waals surface area contributed by atoms with Crippen molar-refractivity contribution in [2.24, 2.45) is 9.98 Å². The Kier molecular flexibility index (Phi) is 6.41.